The van der Waals surface area contributed by atoms with Gasteiger partial charge in [-0.25, -0.2) is 9.36 Å². The van der Waals surface area contributed by atoms with Gasteiger partial charge in [0.25, 0.3) is 5.56 Å². The lowest BCUT2D eigenvalue weighted by Crippen LogP contribution is -2.35. The molecule has 1 aliphatic heterocycles. The van der Waals surface area contributed by atoms with E-state index in [1.165, 1.54) is 24.8 Å². The quantitative estimate of drug-likeness (QED) is 0.305. The largest absolute Gasteiger partial charge is 0.468 e. The van der Waals surface area contributed by atoms with Crippen molar-refractivity contribution in [3.63, 3.8) is 0 Å². The number of ether oxygens (including phenoxy) is 2. The van der Waals surface area contributed by atoms with Crippen molar-refractivity contribution in [1.82, 2.24) is 14.6 Å². The number of benzene rings is 1. The zero-order valence-electron chi connectivity index (χ0n) is 19.7. The Bertz CT molecular complexity index is 1140. The van der Waals surface area contributed by atoms with Gasteiger partial charge in [0, 0.05) is 11.8 Å². The fraction of sp³-hybridized carbons (Fsp3) is 0.409. The van der Waals surface area contributed by atoms with Gasteiger partial charge in [-0.15, -0.1) is 0 Å². The van der Waals surface area contributed by atoms with Gasteiger partial charge in [-0.2, -0.15) is 5.09 Å². The number of nitrogens with one attached hydrogen (secondary N) is 2. The lowest BCUT2D eigenvalue weighted by molar-refractivity contribution is -0.142. The molecule has 0 spiro atoms. The average molecular weight is 495 g/mol. The maximum Gasteiger partial charge on any atom is 0.459 e. The first-order valence-corrected chi connectivity index (χ1v) is 12.3. The van der Waals surface area contributed by atoms with Crippen LogP contribution >= 0.6 is 7.75 Å². The predicted octanol–water partition coefficient (Wildman–Crippen LogP) is 2.68. The molecule has 0 saturated carbocycles. The molecule has 186 valence electrons. The third-order valence-electron chi connectivity index (χ3n) is 4.51. The van der Waals surface area contributed by atoms with Crippen LogP contribution in [0.2, 0.25) is 0 Å². The molecule has 11 nitrogen and oxygen atoms in total. The molecule has 2 unspecified atom stereocenters. The van der Waals surface area contributed by atoms with E-state index in [2.05, 4.69) is 14.8 Å². The van der Waals surface area contributed by atoms with Gasteiger partial charge in [-0.3, -0.25) is 23.7 Å². The number of nitrogens with zero attached hydrogens (tertiary/aromatic N) is 1. The van der Waals surface area contributed by atoms with Crippen molar-refractivity contribution in [3.8, 4) is 5.75 Å². The second-order valence-corrected chi connectivity index (χ2v) is 8.69. The summed E-state index contributed by atoms with van der Waals surface area (Å²) < 4.78 is 36.0. The zero-order valence-corrected chi connectivity index (χ0v) is 20.6. The Balaban J connectivity index is 0.00000199. The van der Waals surface area contributed by atoms with Crippen molar-refractivity contribution in [2.45, 2.75) is 46.1 Å². The molecule has 1 aliphatic rings. The molecule has 1 aromatic heterocycles. The monoisotopic (exact) mass is 495 g/mol. The number of methoxy groups -OCH3 is 1. The highest BCUT2D eigenvalue weighted by Crippen LogP contribution is 2.45. The summed E-state index contributed by atoms with van der Waals surface area (Å²) in [6.07, 6.45) is 3.20. The number of aryl methyl sites for hydroxylation is 1. The van der Waals surface area contributed by atoms with Crippen LogP contribution in [0.4, 0.5) is 0 Å². The maximum absolute atomic E-state index is 13.3. The van der Waals surface area contributed by atoms with Crippen LogP contribution in [0.25, 0.3) is 0 Å². The molecule has 2 heterocycles. The molecule has 0 radical (unpaired) electrons. The Morgan fingerprint density at radius 3 is 2.56 bits per heavy atom. The van der Waals surface area contributed by atoms with Gasteiger partial charge in [-0.1, -0.05) is 38.1 Å². The SMILES string of the molecule is CC.COC(=O)C(C)NP(=O)(OC[C@@H]1C=C[C@H](n2cc(C)c(=O)[nH]c2=O)O1)Oc1ccccc1. The predicted molar refractivity (Wildman–Crippen MR) is 126 cm³/mol. The van der Waals surface area contributed by atoms with Crippen molar-refractivity contribution < 1.29 is 27.9 Å². The van der Waals surface area contributed by atoms with Gasteiger partial charge < -0.3 is 14.0 Å². The highest BCUT2D eigenvalue weighted by Gasteiger charge is 2.34. The highest BCUT2D eigenvalue weighted by atomic mass is 31.2. The molecule has 0 aliphatic carbocycles. The Morgan fingerprint density at radius 1 is 1.24 bits per heavy atom. The molecule has 1 aromatic carbocycles. The van der Waals surface area contributed by atoms with E-state index in [0.29, 0.717) is 5.56 Å². The topological polar surface area (TPSA) is 138 Å². The molecule has 0 fully saturated rings. The molecule has 2 N–H and O–H groups in total. The molecular formula is C22H30N3O8P. The zero-order chi connectivity index (χ0) is 25.3. The van der Waals surface area contributed by atoms with Crippen molar-refractivity contribution in [2.75, 3.05) is 13.7 Å². The van der Waals surface area contributed by atoms with Crippen LogP contribution in [-0.4, -0.2) is 41.4 Å². The normalized spacial score (nSPS) is 19.4. The fourth-order valence-corrected chi connectivity index (χ4v) is 4.37. The van der Waals surface area contributed by atoms with E-state index in [0.717, 1.165) is 0 Å². The van der Waals surface area contributed by atoms with E-state index in [9.17, 15) is 18.9 Å². The minimum Gasteiger partial charge on any atom is -0.468 e. The number of H-pyrrole nitrogens is 1. The van der Waals surface area contributed by atoms with Crippen molar-refractivity contribution >= 4 is 13.7 Å². The third kappa shape index (κ3) is 7.26. The Labute approximate surface area is 197 Å². The van der Waals surface area contributed by atoms with Crippen LogP contribution in [0.15, 0.2) is 58.3 Å². The van der Waals surface area contributed by atoms with Crippen molar-refractivity contribution in [1.29, 1.82) is 0 Å². The number of esters is 1. The van der Waals surface area contributed by atoms with E-state index in [4.69, 9.17) is 13.8 Å². The molecule has 12 heteroatoms. The Morgan fingerprint density at radius 2 is 1.91 bits per heavy atom. The van der Waals surface area contributed by atoms with Gasteiger partial charge in [0.15, 0.2) is 6.23 Å². The number of carbonyl (C=O) groups excluding carboxylic acids is 1. The summed E-state index contributed by atoms with van der Waals surface area (Å²) in [5, 5.41) is 2.54. The minimum atomic E-state index is -4.01. The number of carbonyl (C=O) groups is 1. The van der Waals surface area contributed by atoms with Crippen molar-refractivity contribution in [2.24, 2.45) is 0 Å². The average Bonchev–Trinajstić information content (AvgIpc) is 3.30. The molecular weight excluding hydrogens is 465 g/mol. The van der Waals surface area contributed by atoms with Crippen LogP contribution in [0.5, 0.6) is 5.75 Å². The molecule has 4 atom stereocenters. The first-order chi connectivity index (χ1) is 16.2. The van der Waals surface area contributed by atoms with Gasteiger partial charge in [0.2, 0.25) is 0 Å². The summed E-state index contributed by atoms with van der Waals surface area (Å²) in [4.78, 5) is 37.6. The van der Waals surface area contributed by atoms with E-state index in [1.54, 1.807) is 49.4 Å². The number of para-hydroxylation sites is 1. The lowest BCUT2D eigenvalue weighted by atomic mass is 10.3. The molecule has 0 saturated heterocycles. The van der Waals surface area contributed by atoms with Crippen LogP contribution in [0, 0.1) is 6.92 Å². The first kappa shape index (κ1) is 27.3. The summed E-state index contributed by atoms with van der Waals surface area (Å²) in [5.74, 6) is -0.369. The van der Waals surface area contributed by atoms with E-state index in [-0.39, 0.29) is 12.4 Å². The summed E-state index contributed by atoms with van der Waals surface area (Å²) in [7, 11) is -2.80. The second kappa shape index (κ2) is 12.5. The number of aromatic amines is 1. The fourth-order valence-electron chi connectivity index (χ4n) is 2.87. The van der Waals surface area contributed by atoms with Crippen LogP contribution in [0.1, 0.15) is 32.6 Å². The first-order valence-electron chi connectivity index (χ1n) is 10.7. The van der Waals surface area contributed by atoms with E-state index >= 15 is 0 Å². The molecule has 3 rings (SSSR count). The number of aromatic nitrogens is 2. The maximum atomic E-state index is 13.3. The Hall–Kier alpha value is -2.98. The van der Waals surface area contributed by atoms with Crippen LogP contribution in [-0.2, 0) is 23.4 Å². The van der Waals surface area contributed by atoms with Gasteiger partial charge >= 0.3 is 19.4 Å². The van der Waals surface area contributed by atoms with Crippen molar-refractivity contribution in [3.05, 3.63) is 75.1 Å². The number of hydrogen-bond donors (Lipinski definition) is 2. The van der Waals surface area contributed by atoms with Crippen LogP contribution < -0.4 is 20.9 Å². The highest BCUT2D eigenvalue weighted by molar-refractivity contribution is 7.52. The molecule has 0 amide bonds. The van der Waals surface area contributed by atoms with E-state index < -0.39 is 43.3 Å². The van der Waals surface area contributed by atoms with E-state index in [1.807, 2.05) is 13.8 Å². The lowest BCUT2D eigenvalue weighted by Gasteiger charge is -2.24. The standard InChI is InChI=1S/C20H24N3O8P.C2H6/c1-13-11-23(20(26)21-18(13)24)17-10-9-16(30-17)12-29-32(27,22-14(2)19(25)28-3)31-15-7-5-4-6-8-15;1-2/h4-11,14,16-17H,12H2,1-3H3,(H,22,27)(H,21,24,26);1-2H3/t14?,16-,17+,32?;/m0./s1. The van der Waals surface area contributed by atoms with Gasteiger partial charge in [0.1, 0.15) is 17.9 Å². The summed E-state index contributed by atoms with van der Waals surface area (Å²) >= 11 is 0. The van der Waals surface area contributed by atoms with Gasteiger partial charge in [0.05, 0.1) is 13.7 Å². The summed E-state index contributed by atoms with van der Waals surface area (Å²) in [5.41, 5.74) is -0.746. The minimum absolute atomic E-state index is 0.199. The second-order valence-electron chi connectivity index (χ2n) is 7.00. The molecule has 34 heavy (non-hydrogen) atoms. The summed E-state index contributed by atoms with van der Waals surface area (Å²) in [6.45, 7) is 6.83. The summed E-state index contributed by atoms with van der Waals surface area (Å²) in [6, 6.07) is 7.37. The number of hydrogen-bond acceptors (Lipinski definition) is 8. The molecule has 0 bridgehead atoms. The van der Waals surface area contributed by atoms with Gasteiger partial charge in [-0.05, 0) is 32.1 Å². The number of rotatable bonds is 9. The smallest absolute Gasteiger partial charge is 0.459 e. The molecule has 2 aromatic rings. The van der Waals surface area contributed by atoms with Crippen LogP contribution in [0.3, 0.4) is 0 Å². The third-order valence-corrected chi connectivity index (χ3v) is 6.15. The Kier molecular flexibility index (Phi) is 10.0.